The summed E-state index contributed by atoms with van der Waals surface area (Å²) in [6.45, 7) is 2.50. The third-order valence-electron chi connectivity index (χ3n) is 5.48. The van der Waals surface area contributed by atoms with E-state index < -0.39 is 29.7 Å². The SMILES string of the molecule is CNC(=O)c1cc(F)c(-c2nc3cc(C)ccn3c2CC2CN(C(=O)O)CCO2)c(F)c1. The summed E-state index contributed by atoms with van der Waals surface area (Å²) in [5.41, 5.74) is 1.51. The number of amides is 2. The Morgan fingerprint density at radius 3 is 2.66 bits per heavy atom. The molecule has 2 aromatic heterocycles. The number of carbonyl (C=O) groups excluding carboxylic acids is 1. The van der Waals surface area contributed by atoms with Gasteiger partial charge in [0, 0.05) is 31.8 Å². The molecule has 0 saturated carbocycles. The number of imidazole rings is 1. The first-order valence-corrected chi connectivity index (χ1v) is 10.1. The lowest BCUT2D eigenvalue weighted by Gasteiger charge is -2.31. The van der Waals surface area contributed by atoms with Crippen molar-refractivity contribution in [1.82, 2.24) is 19.6 Å². The molecule has 1 aromatic carbocycles. The van der Waals surface area contributed by atoms with E-state index in [1.54, 1.807) is 16.7 Å². The third kappa shape index (κ3) is 4.01. The van der Waals surface area contributed by atoms with Gasteiger partial charge in [-0.3, -0.25) is 4.79 Å². The first kappa shape index (κ1) is 21.7. The highest BCUT2D eigenvalue weighted by molar-refractivity contribution is 5.94. The highest BCUT2D eigenvalue weighted by Crippen LogP contribution is 2.32. The van der Waals surface area contributed by atoms with Crippen LogP contribution in [0.4, 0.5) is 13.6 Å². The summed E-state index contributed by atoms with van der Waals surface area (Å²) in [6, 6.07) is 5.57. The van der Waals surface area contributed by atoms with Gasteiger partial charge in [0.25, 0.3) is 5.91 Å². The molecule has 10 heteroatoms. The Morgan fingerprint density at radius 1 is 1.28 bits per heavy atom. The van der Waals surface area contributed by atoms with E-state index in [1.807, 2.05) is 13.0 Å². The number of halogens is 2. The van der Waals surface area contributed by atoms with E-state index in [2.05, 4.69) is 10.3 Å². The minimum atomic E-state index is -1.05. The number of benzene rings is 1. The predicted molar refractivity (Wildman–Crippen MR) is 112 cm³/mol. The molecule has 1 fully saturated rings. The van der Waals surface area contributed by atoms with Crippen molar-refractivity contribution in [3.05, 3.63) is 58.9 Å². The van der Waals surface area contributed by atoms with Crippen LogP contribution in [0.5, 0.6) is 0 Å². The minimum absolute atomic E-state index is 0.0881. The maximum atomic E-state index is 15.0. The molecule has 168 valence electrons. The molecule has 3 aromatic rings. The molecule has 1 saturated heterocycles. The van der Waals surface area contributed by atoms with Crippen LogP contribution in [-0.2, 0) is 11.2 Å². The second kappa shape index (κ2) is 8.54. The average molecular weight is 444 g/mol. The van der Waals surface area contributed by atoms with E-state index in [9.17, 15) is 14.7 Å². The van der Waals surface area contributed by atoms with Gasteiger partial charge in [-0.2, -0.15) is 0 Å². The molecule has 1 atom stereocenters. The maximum Gasteiger partial charge on any atom is 0.407 e. The van der Waals surface area contributed by atoms with Gasteiger partial charge in [-0.25, -0.2) is 18.6 Å². The fourth-order valence-electron chi connectivity index (χ4n) is 3.90. The summed E-state index contributed by atoms with van der Waals surface area (Å²) in [4.78, 5) is 28.9. The Balaban J connectivity index is 1.82. The summed E-state index contributed by atoms with van der Waals surface area (Å²) in [7, 11) is 1.37. The standard InChI is InChI=1S/C22H22F2N4O4/c1-12-3-4-28-17(10-14-11-27(22(30)31)5-6-32-14)20(26-18(28)7-12)19-15(23)8-13(9-16(19)24)21(29)25-2/h3-4,7-9,14H,5-6,10-11H2,1-2H3,(H,25,29)(H,30,31). The quantitative estimate of drug-likeness (QED) is 0.645. The average Bonchev–Trinajstić information content (AvgIpc) is 3.09. The number of carbonyl (C=O) groups is 2. The van der Waals surface area contributed by atoms with Crippen molar-refractivity contribution < 1.29 is 28.2 Å². The monoisotopic (exact) mass is 444 g/mol. The van der Waals surface area contributed by atoms with Gasteiger partial charge in [-0.1, -0.05) is 0 Å². The number of nitrogens with one attached hydrogen (secondary N) is 1. The molecule has 2 N–H and O–H groups in total. The lowest BCUT2D eigenvalue weighted by molar-refractivity contribution is -0.0214. The molecule has 1 unspecified atom stereocenters. The molecule has 32 heavy (non-hydrogen) atoms. The van der Waals surface area contributed by atoms with E-state index in [0.717, 1.165) is 17.7 Å². The van der Waals surface area contributed by atoms with E-state index in [1.165, 1.54) is 11.9 Å². The van der Waals surface area contributed by atoms with Crippen LogP contribution in [0.25, 0.3) is 16.9 Å². The molecular weight excluding hydrogens is 422 g/mol. The van der Waals surface area contributed by atoms with Gasteiger partial charge in [-0.05, 0) is 36.8 Å². The molecule has 1 aliphatic heterocycles. The smallest absolute Gasteiger partial charge is 0.407 e. The Labute approximate surface area is 182 Å². The van der Waals surface area contributed by atoms with Crippen molar-refractivity contribution in [2.75, 3.05) is 26.7 Å². The summed E-state index contributed by atoms with van der Waals surface area (Å²) in [5, 5.41) is 11.6. The fraction of sp³-hybridized carbons (Fsp3) is 0.318. The van der Waals surface area contributed by atoms with Gasteiger partial charge in [0.1, 0.15) is 17.3 Å². The van der Waals surface area contributed by atoms with Gasteiger partial charge in [-0.15, -0.1) is 0 Å². The molecule has 0 bridgehead atoms. The Hall–Kier alpha value is -3.53. The summed E-state index contributed by atoms with van der Waals surface area (Å²) in [5.74, 6) is -2.44. The van der Waals surface area contributed by atoms with Crippen molar-refractivity contribution in [3.8, 4) is 11.3 Å². The normalized spacial score (nSPS) is 16.4. The molecule has 3 heterocycles. The summed E-state index contributed by atoms with van der Waals surface area (Å²) in [6.07, 6.45) is 0.396. The zero-order valence-electron chi connectivity index (χ0n) is 17.6. The number of pyridine rings is 1. The van der Waals surface area contributed by atoms with E-state index in [4.69, 9.17) is 4.74 Å². The van der Waals surface area contributed by atoms with Crippen LogP contribution in [0.15, 0.2) is 30.5 Å². The van der Waals surface area contributed by atoms with Crippen LogP contribution in [-0.4, -0.2) is 64.2 Å². The van der Waals surface area contributed by atoms with Gasteiger partial charge >= 0.3 is 6.09 Å². The molecule has 1 aliphatic rings. The number of fused-ring (bicyclic) bond motifs is 1. The van der Waals surface area contributed by atoms with E-state index in [0.29, 0.717) is 11.3 Å². The molecule has 4 rings (SSSR count). The van der Waals surface area contributed by atoms with Crippen LogP contribution in [0.2, 0.25) is 0 Å². The molecule has 0 spiro atoms. The second-order valence-electron chi connectivity index (χ2n) is 7.66. The molecule has 0 aliphatic carbocycles. The number of hydrogen-bond acceptors (Lipinski definition) is 4. The number of aromatic nitrogens is 2. The predicted octanol–water partition coefficient (Wildman–Crippen LogP) is 2.87. The topological polar surface area (TPSA) is 96.2 Å². The Morgan fingerprint density at radius 2 is 2.00 bits per heavy atom. The van der Waals surface area contributed by atoms with E-state index >= 15 is 8.78 Å². The zero-order chi connectivity index (χ0) is 23.0. The molecule has 8 nitrogen and oxygen atoms in total. The van der Waals surface area contributed by atoms with Crippen LogP contribution in [0.1, 0.15) is 21.6 Å². The Bertz CT molecular complexity index is 1190. The molecule has 2 amide bonds. The maximum absolute atomic E-state index is 15.0. The van der Waals surface area contributed by atoms with Gasteiger partial charge in [0.2, 0.25) is 0 Å². The number of rotatable bonds is 4. The largest absolute Gasteiger partial charge is 0.465 e. The van der Waals surface area contributed by atoms with Crippen molar-refractivity contribution in [1.29, 1.82) is 0 Å². The third-order valence-corrected chi connectivity index (χ3v) is 5.48. The van der Waals surface area contributed by atoms with Crippen LogP contribution >= 0.6 is 0 Å². The van der Waals surface area contributed by atoms with E-state index in [-0.39, 0.29) is 42.9 Å². The number of carboxylic acid groups (broad SMARTS) is 1. The van der Waals surface area contributed by atoms with Crippen molar-refractivity contribution in [2.24, 2.45) is 0 Å². The zero-order valence-corrected chi connectivity index (χ0v) is 17.6. The number of aryl methyl sites for hydroxylation is 1. The minimum Gasteiger partial charge on any atom is -0.465 e. The Kier molecular flexibility index (Phi) is 5.79. The van der Waals surface area contributed by atoms with Gasteiger partial charge in [0.05, 0.1) is 36.2 Å². The number of morpholine rings is 1. The summed E-state index contributed by atoms with van der Waals surface area (Å²) >= 11 is 0. The van der Waals surface area contributed by atoms with Crippen LogP contribution in [0, 0.1) is 18.6 Å². The highest BCUT2D eigenvalue weighted by atomic mass is 19.1. The first-order valence-electron chi connectivity index (χ1n) is 10.1. The van der Waals surface area contributed by atoms with Gasteiger partial charge < -0.3 is 24.5 Å². The van der Waals surface area contributed by atoms with Crippen LogP contribution in [0.3, 0.4) is 0 Å². The van der Waals surface area contributed by atoms with Crippen molar-refractivity contribution in [3.63, 3.8) is 0 Å². The lowest BCUT2D eigenvalue weighted by atomic mass is 10.0. The number of hydrogen-bond donors (Lipinski definition) is 2. The molecular formula is C22H22F2N4O4. The number of ether oxygens (including phenoxy) is 1. The number of nitrogens with zero attached hydrogens (tertiary/aromatic N) is 3. The summed E-state index contributed by atoms with van der Waals surface area (Å²) < 4.78 is 37.5. The second-order valence-corrected chi connectivity index (χ2v) is 7.66. The highest BCUT2D eigenvalue weighted by Gasteiger charge is 2.28. The van der Waals surface area contributed by atoms with Gasteiger partial charge in [0.15, 0.2) is 0 Å². The fourth-order valence-corrected chi connectivity index (χ4v) is 3.90. The van der Waals surface area contributed by atoms with Crippen molar-refractivity contribution in [2.45, 2.75) is 19.4 Å². The van der Waals surface area contributed by atoms with Crippen molar-refractivity contribution >= 4 is 17.6 Å². The molecule has 0 radical (unpaired) electrons. The lowest BCUT2D eigenvalue weighted by Crippen LogP contribution is -2.45. The van der Waals surface area contributed by atoms with Crippen LogP contribution < -0.4 is 5.32 Å². The first-order chi connectivity index (χ1) is 15.3.